The summed E-state index contributed by atoms with van der Waals surface area (Å²) in [6, 6.07) is 0. The van der Waals surface area contributed by atoms with Crippen molar-refractivity contribution in [1.29, 1.82) is 0 Å². The molecule has 0 aromatic carbocycles. The van der Waals surface area contributed by atoms with Crippen molar-refractivity contribution in [2.45, 2.75) is 66.2 Å². The van der Waals surface area contributed by atoms with Gasteiger partial charge in [-0.3, -0.25) is 4.79 Å². The van der Waals surface area contributed by atoms with Gasteiger partial charge in [0.15, 0.2) is 0 Å². The second kappa shape index (κ2) is 10.9. The van der Waals surface area contributed by atoms with Gasteiger partial charge < -0.3 is 10.5 Å². The van der Waals surface area contributed by atoms with Crippen molar-refractivity contribution >= 4 is 33.9 Å². The number of nitrogens with zero attached hydrogens (tertiary/aromatic N) is 1. The number of esters is 1. The van der Waals surface area contributed by atoms with E-state index in [0.717, 1.165) is 29.7 Å². The van der Waals surface area contributed by atoms with Crippen molar-refractivity contribution in [3.63, 3.8) is 0 Å². The molecule has 0 radical (unpaired) electrons. The highest BCUT2D eigenvalue weighted by Crippen LogP contribution is 2.31. The van der Waals surface area contributed by atoms with E-state index in [-0.39, 0.29) is 5.91 Å². The van der Waals surface area contributed by atoms with E-state index in [4.69, 9.17) is 10.5 Å². The molecule has 0 aliphatic heterocycles. The summed E-state index contributed by atoms with van der Waals surface area (Å²) in [6.07, 6.45) is 5.97. The predicted molar refractivity (Wildman–Crippen MR) is 103 cm³/mol. The molecule has 1 rings (SSSR count). The van der Waals surface area contributed by atoms with Gasteiger partial charge in [-0.2, -0.15) is 5.10 Å². The van der Waals surface area contributed by atoms with Crippen LogP contribution in [0.2, 0.25) is 0 Å². The molecule has 0 spiro atoms. The number of hydrogen-bond donors (Lipinski definition) is 2. The molecule has 1 heterocycles. The number of hydrogen-bond acceptors (Lipinski definition) is 6. The number of nitrogens with one attached hydrogen (secondary N) is 1. The summed E-state index contributed by atoms with van der Waals surface area (Å²) in [5.74, 6) is -0.521. The number of nitrogens with two attached hydrogens (primary N) is 1. The van der Waals surface area contributed by atoms with Crippen molar-refractivity contribution < 1.29 is 14.3 Å². The standard InChI is InChI=1S/C18H29N3O3S/c1-5-7-8-9-10-11-14(22)21-20-13(4)16-12(3)15(17(19)25-16)18(23)24-6-2/h5-11,19H2,1-4H3,(H,21,22)/b20-13+. The van der Waals surface area contributed by atoms with Crippen LogP contribution in [0.1, 0.15) is 80.1 Å². The summed E-state index contributed by atoms with van der Waals surface area (Å²) < 4.78 is 5.03. The van der Waals surface area contributed by atoms with Crippen LogP contribution >= 0.6 is 11.3 Å². The Labute approximate surface area is 153 Å². The van der Waals surface area contributed by atoms with Gasteiger partial charge in [0, 0.05) is 6.42 Å². The van der Waals surface area contributed by atoms with E-state index in [9.17, 15) is 9.59 Å². The molecule has 1 aromatic heterocycles. The Morgan fingerprint density at radius 3 is 2.52 bits per heavy atom. The van der Waals surface area contributed by atoms with Gasteiger partial charge in [-0.25, -0.2) is 10.2 Å². The zero-order valence-corrected chi connectivity index (χ0v) is 16.4. The minimum absolute atomic E-state index is 0.0938. The molecular weight excluding hydrogens is 338 g/mol. The van der Waals surface area contributed by atoms with Crippen LogP contribution in [-0.4, -0.2) is 24.2 Å². The summed E-state index contributed by atoms with van der Waals surface area (Å²) in [5.41, 5.74) is 10.3. The average molecular weight is 368 g/mol. The third-order valence-electron chi connectivity index (χ3n) is 3.84. The molecule has 0 aliphatic carbocycles. The molecule has 0 unspecified atom stereocenters. The lowest BCUT2D eigenvalue weighted by atomic mass is 10.1. The van der Waals surface area contributed by atoms with Gasteiger partial charge in [0.1, 0.15) is 5.00 Å². The molecule has 140 valence electrons. The molecule has 0 atom stereocenters. The fraction of sp³-hybridized carbons (Fsp3) is 0.611. The third-order valence-corrected chi connectivity index (χ3v) is 5.07. The smallest absolute Gasteiger partial charge is 0.341 e. The maximum Gasteiger partial charge on any atom is 0.341 e. The molecule has 7 heteroatoms. The van der Waals surface area contributed by atoms with Crippen LogP contribution in [-0.2, 0) is 9.53 Å². The van der Waals surface area contributed by atoms with E-state index in [0.29, 0.717) is 29.3 Å². The van der Waals surface area contributed by atoms with Gasteiger partial charge in [-0.1, -0.05) is 32.6 Å². The van der Waals surface area contributed by atoms with Crippen molar-refractivity contribution in [2.24, 2.45) is 5.10 Å². The highest BCUT2D eigenvalue weighted by atomic mass is 32.1. The van der Waals surface area contributed by atoms with Gasteiger partial charge in [-0.05, 0) is 32.8 Å². The molecule has 25 heavy (non-hydrogen) atoms. The van der Waals surface area contributed by atoms with Crippen LogP contribution in [0.4, 0.5) is 5.00 Å². The monoisotopic (exact) mass is 367 g/mol. The summed E-state index contributed by atoms with van der Waals surface area (Å²) in [5, 5.41) is 4.56. The second-order valence-electron chi connectivity index (χ2n) is 5.91. The fourth-order valence-corrected chi connectivity index (χ4v) is 3.49. The van der Waals surface area contributed by atoms with Crippen LogP contribution in [0.15, 0.2) is 5.10 Å². The van der Waals surface area contributed by atoms with Crippen LogP contribution < -0.4 is 11.2 Å². The lowest BCUT2D eigenvalue weighted by molar-refractivity contribution is -0.121. The van der Waals surface area contributed by atoms with Gasteiger partial charge in [-0.15, -0.1) is 11.3 Å². The van der Waals surface area contributed by atoms with E-state index in [1.807, 2.05) is 6.92 Å². The van der Waals surface area contributed by atoms with Gasteiger partial charge in [0.25, 0.3) is 0 Å². The van der Waals surface area contributed by atoms with E-state index in [1.54, 1.807) is 13.8 Å². The average Bonchev–Trinajstić information content (AvgIpc) is 2.87. The van der Waals surface area contributed by atoms with Crippen LogP contribution in [0, 0.1) is 6.92 Å². The minimum atomic E-state index is -0.427. The predicted octanol–water partition coefficient (Wildman–Crippen LogP) is 4.02. The number of amides is 1. The number of thiophene rings is 1. The van der Waals surface area contributed by atoms with Crippen LogP contribution in [0.3, 0.4) is 0 Å². The molecule has 0 fully saturated rings. The van der Waals surface area contributed by atoms with E-state index >= 15 is 0 Å². The molecule has 1 aromatic rings. The molecule has 0 bridgehead atoms. The molecular formula is C18H29N3O3S. The summed E-state index contributed by atoms with van der Waals surface area (Å²) in [6.45, 7) is 7.81. The molecule has 0 saturated heterocycles. The number of hydrazone groups is 1. The number of carbonyl (C=O) groups excluding carboxylic acids is 2. The lowest BCUT2D eigenvalue weighted by Crippen LogP contribution is -2.18. The first-order chi connectivity index (χ1) is 11.9. The van der Waals surface area contributed by atoms with Crippen LogP contribution in [0.25, 0.3) is 0 Å². The first-order valence-corrected chi connectivity index (χ1v) is 9.63. The summed E-state index contributed by atoms with van der Waals surface area (Å²) in [7, 11) is 0. The van der Waals surface area contributed by atoms with Gasteiger partial charge in [0.05, 0.1) is 22.8 Å². The Hall–Kier alpha value is -1.89. The minimum Gasteiger partial charge on any atom is -0.462 e. The quantitative estimate of drug-likeness (QED) is 0.283. The summed E-state index contributed by atoms with van der Waals surface area (Å²) in [4.78, 5) is 24.6. The number of carbonyl (C=O) groups is 2. The van der Waals surface area contributed by atoms with Crippen LogP contribution in [0.5, 0.6) is 0 Å². The topological polar surface area (TPSA) is 93.8 Å². The Kier molecular flexibility index (Phi) is 9.20. The Bertz CT molecular complexity index is 623. The van der Waals surface area contributed by atoms with Gasteiger partial charge >= 0.3 is 5.97 Å². The molecule has 1 amide bonds. The summed E-state index contributed by atoms with van der Waals surface area (Å²) >= 11 is 1.28. The van der Waals surface area contributed by atoms with Crippen molar-refractivity contribution in [3.05, 3.63) is 16.0 Å². The molecule has 0 saturated carbocycles. The number of nitrogen functional groups attached to an aromatic ring is 1. The molecule has 3 N–H and O–H groups in total. The Morgan fingerprint density at radius 2 is 1.88 bits per heavy atom. The lowest BCUT2D eigenvalue weighted by Gasteiger charge is -2.04. The maximum atomic E-state index is 12.0. The first kappa shape index (κ1) is 21.2. The third kappa shape index (κ3) is 6.49. The SMILES string of the molecule is CCCCCCCC(=O)N/N=C(\C)c1sc(N)c(C(=O)OCC)c1C. The number of ether oxygens (including phenoxy) is 1. The van der Waals surface area contributed by atoms with E-state index < -0.39 is 5.97 Å². The van der Waals surface area contributed by atoms with E-state index in [2.05, 4.69) is 17.5 Å². The number of unbranched alkanes of at least 4 members (excludes halogenated alkanes) is 4. The zero-order chi connectivity index (χ0) is 18.8. The fourth-order valence-electron chi connectivity index (χ4n) is 2.48. The van der Waals surface area contributed by atoms with Crippen molar-refractivity contribution in [1.82, 2.24) is 5.43 Å². The van der Waals surface area contributed by atoms with Gasteiger partial charge in [0.2, 0.25) is 5.91 Å². The molecule has 6 nitrogen and oxygen atoms in total. The normalized spacial score (nSPS) is 11.4. The first-order valence-electron chi connectivity index (χ1n) is 8.81. The highest BCUT2D eigenvalue weighted by molar-refractivity contribution is 7.18. The zero-order valence-electron chi connectivity index (χ0n) is 15.6. The second-order valence-corrected chi connectivity index (χ2v) is 6.96. The number of rotatable bonds is 10. The maximum absolute atomic E-state index is 12.0. The van der Waals surface area contributed by atoms with Crippen molar-refractivity contribution in [3.8, 4) is 0 Å². The Balaban J connectivity index is 2.66. The Morgan fingerprint density at radius 1 is 1.20 bits per heavy atom. The van der Waals surface area contributed by atoms with E-state index in [1.165, 1.54) is 24.2 Å². The van der Waals surface area contributed by atoms with Crippen molar-refractivity contribution in [2.75, 3.05) is 12.3 Å². The molecule has 0 aliphatic rings. The highest BCUT2D eigenvalue weighted by Gasteiger charge is 2.21. The number of anilines is 1. The largest absolute Gasteiger partial charge is 0.462 e.